The van der Waals surface area contributed by atoms with E-state index in [2.05, 4.69) is 25.9 Å². The van der Waals surface area contributed by atoms with E-state index in [0.29, 0.717) is 0 Å². The molecule has 13 heavy (non-hydrogen) atoms. The van der Waals surface area contributed by atoms with Gasteiger partial charge >= 0.3 is 0 Å². The second-order valence-electron chi connectivity index (χ2n) is 4.10. The molecule has 0 aromatic carbocycles. The van der Waals surface area contributed by atoms with E-state index in [4.69, 9.17) is 0 Å². The maximum atomic E-state index is 9.45. The van der Waals surface area contributed by atoms with Gasteiger partial charge in [-0.15, -0.1) is 0 Å². The molecule has 0 aliphatic heterocycles. The van der Waals surface area contributed by atoms with Crippen LogP contribution in [0.3, 0.4) is 0 Å². The van der Waals surface area contributed by atoms with Crippen molar-refractivity contribution >= 4 is 0 Å². The highest BCUT2D eigenvalue weighted by atomic mass is 16.3. The molecule has 2 nitrogen and oxygen atoms in total. The van der Waals surface area contributed by atoms with E-state index in [-0.39, 0.29) is 6.10 Å². The number of nitrogens with zero attached hydrogens (tertiary/aromatic N) is 1. The summed E-state index contributed by atoms with van der Waals surface area (Å²) in [6, 6.07) is 0. The summed E-state index contributed by atoms with van der Waals surface area (Å²) in [6.07, 6.45) is 6.68. The van der Waals surface area contributed by atoms with Gasteiger partial charge < -0.3 is 10.0 Å². The molecule has 0 saturated heterocycles. The molecular weight excluding hydrogens is 162 g/mol. The van der Waals surface area contributed by atoms with E-state index in [1.165, 1.54) is 25.8 Å². The third-order valence-electron chi connectivity index (χ3n) is 2.26. The Kier molecular flexibility index (Phi) is 8.46. The standard InChI is InChI=1S/C11H25NO/c1-4-8-11(13)9-6-5-7-10-12(2)3/h11,13H,4-10H2,1-3H3. The zero-order chi connectivity index (χ0) is 10.1. The number of hydrogen-bond donors (Lipinski definition) is 1. The van der Waals surface area contributed by atoms with Gasteiger partial charge in [-0.1, -0.05) is 26.2 Å². The predicted octanol–water partition coefficient (Wildman–Crippen LogP) is 2.27. The summed E-state index contributed by atoms with van der Waals surface area (Å²) in [5, 5.41) is 9.45. The second kappa shape index (κ2) is 8.52. The van der Waals surface area contributed by atoms with E-state index < -0.39 is 0 Å². The van der Waals surface area contributed by atoms with Gasteiger partial charge in [-0.2, -0.15) is 0 Å². The van der Waals surface area contributed by atoms with Crippen molar-refractivity contribution in [2.75, 3.05) is 20.6 Å². The first-order chi connectivity index (χ1) is 6.16. The van der Waals surface area contributed by atoms with Crippen LogP contribution >= 0.6 is 0 Å². The smallest absolute Gasteiger partial charge is 0.0540 e. The van der Waals surface area contributed by atoms with E-state index >= 15 is 0 Å². The van der Waals surface area contributed by atoms with Crippen LogP contribution < -0.4 is 0 Å². The van der Waals surface area contributed by atoms with Gasteiger partial charge in [0.15, 0.2) is 0 Å². The lowest BCUT2D eigenvalue weighted by Gasteiger charge is -2.10. The van der Waals surface area contributed by atoms with Gasteiger partial charge in [-0.25, -0.2) is 0 Å². The molecule has 1 atom stereocenters. The minimum absolute atomic E-state index is 0.0515. The van der Waals surface area contributed by atoms with Crippen molar-refractivity contribution in [3.8, 4) is 0 Å². The third kappa shape index (κ3) is 9.84. The van der Waals surface area contributed by atoms with Crippen molar-refractivity contribution < 1.29 is 5.11 Å². The fraction of sp³-hybridized carbons (Fsp3) is 1.00. The van der Waals surface area contributed by atoms with Crippen LogP contribution in [0.4, 0.5) is 0 Å². The van der Waals surface area contributed by atoms with Crippen LogP contribution in [0.25, 0.3) is 0 Å². The Hall–Kier alpha value is -0.0800. The number of rotatable bonds is 8. The Bertz CT molecular complexity index is 104. The van der Waals surface area contributed by atoms with Crippen LogP contribution in [-0.4, -0.2) is 36.8 Å². The van der Waals surface area contributed by atoms with Crippen molar-refractivity contribution in [3.63, 3.8) is 0 Å². The summed E-state index contributed by atoms with van der Waals surface area (Å²) in [5.74, 6) is 0. The lowest BCUT2D eigenvalue weighted by Crippen LogP contribution is -2.13. The van der Waals surface area contributed by atoms with Crippen LogP contribution in [0.15, 0.2) is 0 Å². The largest absolute Gasteiger partial charge is 0.393 e. The Morgan fingerprint density at radius 3 is 2.31 bits per heavy atom. The maximum absolute atomic E-state index is 9.45. The number of unbranched alkanes of at least 4 members (excludes halogenated alkanes) is 2. The molecule has 0 amide bonds. The Morgan fingerprint density at radius 1 is 1.08 bits per heavy atom. The molecule has 0 heterocycles. The Morgan fingerprint density at radius 2 is 1.77 bits per heavy atom. The summed E-state index contributed by atoms with van der Waals surface area (Å²) in [6.45, 7) is 3.29. The summed E-state index contributed by atoms with van der Waals surface area (Å²) in [4.78, 5) is 2.21. The molecule has 0 rings (SSSR count). The highest BCUT2D eigenvalue weighted by molar-refractivity contribution is 4.55. The van der Waals surface area contributed by atoms with Gasteiger partial charge in [0, 0.05) is 0 Å². The summed E-state index contributed by atoms with van der Waals surface area (Å²) in [5.41, 5.74) is 0. The van der Waals surface area contributed by atoms with Gasteiger partial charge in [0.1, 0.15) is 0 Å². The molecule has 0 saturated carbocycles. The third-order valence-corrected chi connectivity index (χ3v) is 2.26. The predicted molar refractivity (Wildman–Crippen MR) is 57.9 cm³/mol. The quantitative estimate of drug-likeness (QED) is 0.589. The average molecular weight is 187 g/mol. The van der Waals surface area contributed by atoms with E-state index in [0.717, 1.165) is 19.3 Å². The number of aliphatic hydroxyl groups is 1. The first-order valence-electron chi connectivity index (χ1n) is 5.49. The molecule has 1 unspecified atom stereocenters. The molecular formula is C11H25NO. The molecule has 0 aromatic heterocycles. The van der Waals surface area contributed by atoms with Gasteiger partial charge in [-0.05, 0) is 39.9 Å². The molecule has 0 aromatic rings. The van der Waals surface area contributed by atoms with Crippen LogP contribution in [0.2, 0.25) is 0 Å². The minimum atomic E-state index is -0.0515. The van der Waals surface area contributed by atoms with Crippen molar-refractivity contribution in [1.82, 2.24) is 4.90 Å². The zero-order valence-electron chi connectivity index (χ0n) is 9.42. The van der Waals surface area contributed by atoms with Crippen LogP contribution in [0.1, 0.15) is 45.4 Å². The first kappa shape index (κ1) is 12.9. The lowest BCUT2D eigenvalue weighted by molar-refractivity contribution is 0.149. The monoisotopic (exact) mass is 187 g/mol. The highest BCUT2D eigenvalue weighted by Gasteiger charge is 2.01. The fourth-order valence-electron chi connectivity index (χ4n) is 1.46. The van der Waals surface area contributed by atoms with Crippen molar-refractivity contribution in [2.45, 2.75) is 51.6 Å². The number of aliphatic hydroxyl groups excluding tert-OH is 1. The van der Waals surface area contributed by atoms with E-state index in [1.807, 2.05) is 0 Å². The lowest BCUT2D eigenvalue weighted by atomic mass is 10.1. The molecule has 0 radical (unpaired) electrons. The van der Waals surface area contributed by atoms with E-state index in [1.54, 1.807) is 0 Å². The van der Waals surface area contributed by atoms with Gasteiger partial charge in [0.2, 0.25) is 0 Å². The molecule has 0 fully saturated rings. The summed E-state index contributed by atoms with van der Waals surface area (Å²) >= 11 is 0. The van der Waals surface area contributed by atoms with E-state index in [9.17, 15) is 5.11 Å². The minimum Gasteiger partial charge on any atom is -0.393 e. The van der Waals surface area contributed by atoms with Gasteiger partial charge in [0.05, 0.1) is 6.10 Å². The number of hydrogen-bond acceptors (Lipinski definition) is 2. The van der Waals surface area contributed by atoms with Crippen molar-refractivity contribution in [2.24, 2.45) is 0 Å². The molecule has 0 spiro atoms. The van der Waals surface area contributed by atoms with Crippen LogP contribution in [0.5, 0.6) is 0 Å². The SMILES string of the molecule is CCCC(O)CCCCCN(C)C. The van der Waals surface area contributed by atoms with Gasteiger partial charge in [0.25, 0.3) is 0 Å². The van der Waals surface area contributed by atoms with Crippen molar-refractivity contribution in [3.05, 3.63) is 0 Å². The molecule has 1 N–H and O–H groups in total. The van der Waals surface area contributed by atoms with Gasteiger partial charge in [-0.3, -0.25) is 0 Å². The van der Waals surface area contributed by atoms with Crippen LogP contribution in [0, 0.1) is 0 Å². The first-order valence-corrected chi connectivity index (χ1v) is 5.49. The topological polar surface area (TPSA) is 23.5 Å². The molecule has 0 bridgehead atoms. The highest BCUT2D eigenvalue weighted by Crippen LogP contribution is 2.07. The average Bonchev–Trinajstić information content (AvgIpc) is 2.03. The molecule has 0 aliphatic rings. The fourth-order valence-corrected chi connectivity index (χ4v) is 1.46. The maximum Gasteiger partial charge on any atom is 0.0540 e. The Labute approximate surface area is 82.9 Å². The van der Waals surface area contributed by atoms with Crippen molar-refractivity contribution in [1.29, 1.82) is 0 Å². The molecule has 80 valence electrons. The molecule has 2 heteroatoms. The summed E-state index contributed by atoms with van der Waals surface area (Å²) in [7, 11) is 4.21. The van der Waals surface area contributed by atoms with Crippen LogP contribution in [-0.2, 0) is 0 Å². The summed E-state index contributed by atoms with van der Waals surface area (Å²) < 4.78 is 0. The normalized spacial score (nSPS) is 13.6. The second-order valence-corrected chi connectivity index (χ2v) is 4.10. The Balaban J connectivity index is 3.06. The molecule has 0 aliphatic carbocycles. The zero-order valence-corrected chi connectivity index (χ0v) is 9.42.